The molecule has 1 amide bonds. The van der Waals surface area contributed by atoms with Gasteiger partial charge in [0.2, 0.25) is 0 Å². The second-order valence-electron chi connectivity index (χ2n) is 3.88. The zero-order valence-corrected chi connectivity index (χ0v) is 11.3. The van der Waals surface area contributed by atoms with E-state index in [0.717, 1.165) is 16.5 Å². The van der Waals surface area contributed by atoms with Crippen molar-refractivity contribution in [2.75, 3.05) is 18.8 Å². The summed E-state index contributed by atoms with van der Waals surface area (Å²) in [5, 5.41) is 4.30. The van der Waals surface area contributed by atoms with Crippen molar-refractivity contribution in [3.8, 4) is 0 Å². The molecule has 18 heavy (non-hydrogen) atoms. The third kappa shape index (κ3) is 2.58. The Morgan fingerprint density at radius 2 is 2.22 bits per heavy atom. The van der Waals surface area contributed by atoms with Gasteiger partial charge >= 0.3 is 0 Å². The number of nitrogens with one attached hydrogen (secondary N) is 1. The van der Waals surface area contributed by atoms with Gasteiger partial charge in [-0.15, -0.1) is 11.3 Å². The number of nitrogen functional groups attached to an aromatic ring is 1. The molecule has 2 rings (SSSR count). The summed E-state index contributed by atoms with van der Waals surface area (Å²) < 4.78 is 0.920. The highest BCUT2D eigenvalue weighted by Gasteiger charge is 2.15. The van der Waals surface area contributed by atoms with Crippen LogP contribution in [0, 0.1) is 0 Å². The van der Waals surface area contributed by atoms with Crippen LogP contribution in [0.4, 0.5) is 5.69 Å². The maximum absolute atomic E-state index is 11.9. The molecule has 0 bridgehead atoms. The van der Waals surface area contributed by atoms with Crippen LogP contribution in [0.1, 0.15) is 16.1 Å². The second-order valence-corrected chi connectivity index (χ2v) is 5.37. The van der Waals surface area contributed by atoms with Crippen molar-refractivity contribution in [2.45, 2.75) is 6.42 Å². The number of rotatable bonds is 4. The summed E-state index contributed by atoms with van der Waals surface area (Å²) in [5.41, 5.74) is 11.9. The van der Waals surface area contributed by atoms with Gasteiger partial charge in [-0.05, 0) is 31.2 Å². The topological polar surface area (TPSA) is 81.1 Å². The van der Waals surface area contributed by atoms with Crippen molar-refractivity contribution in [3.05, 3.63) is 28.1 Å². The Hall–Kier alpha value is -1.30. The Morgan fingerprint density at radius 3 is 2.94 bits per heavy atom. The average molecular weight is 284 g/mol. The third-order valence-corrected chi connectivity index (χ3v) is 3.97. The van der Waals surface area contributed by atoms with E-state index >= 15 is 0 Å². The summed E-state index contributed by atoms with van der Waals surface area (Å²) in [6.07, 6.45) is 0.752. The maximum atomic E-state index is 11.9. The van der Waals surface area contributed by atoms with E-state index < -0.39 is 0 Å². The number of fused-ring (bicyclic) bond motifs is 1. The minimum atomic E-state index is -0.154. The van der Waals surface area contributed by atoms with Crippen molar-refractivity contribution in [1.29, 1.82) is 0 Å². The van der Waals surface area contributed by atoms with Crippen molar-refractivity contribution in [3.63, 3.8) is 0 Å². The zero-order valence-electron chi connectivity index (χ0n) is 9.70. The summed E-state index contributed by atoms with van der Waals surface area (Å²) in [4.78, 5) is 12.5. The monoisotopic (exact) mass is 283 g/mol. The van der Waals surface area contributed by atoms with Gasteiger partial charge in [0.15, 0.2) is 0 Å². The first-order valence-corrected chi connectivity index (χ1v) is 6.78. The fraction of sp³-hybridized carbons (Fsp3) is 0.250. The Labute approximate surface area is 114 Å². The van der Waals surface area contributed by atoms with Gasteiger partial charge in [-0.2, -0.15) is 0 Å². The molecule has 0 spiro atoms. The Kier molecular flexibility index (Phi) is 4.06. The summed E-state index contributed by atoms with van der Waals surface area (Å²) in [7, 11) is 0. The molecule has 96 valence electrons. The first-order valence-electron chi connectivity index (χ1n) is 5.59. The molecular weight excluding hydrogens is 270 g/mol. The highest BCUT2D eigenvalue weighted by molar-refractivity contribution is 7.21. The molecule has 0 fully saturated rings. The van der Waals surface area contributed by atoms with Gasteiger partial charge in [0.1, 0.15) is 4.88 Å². The van der Waals surface area contributed by atoms with E-state index in [1.54, 1.807) is 6.07 Å². The number of hydrogen-bond acceptors (Lipinski definition) is 4. The summed E-state index contributed by atoms with van der Waals surface area (Å²) in [6, 6.07) is 5.41. The molecule has 1 aromatic carbocycles. The van der Waals surface area contributed by atoms with Crippen LogP contribution in [0.25, 0.3) is 10.1 Å². The quantitative estimate of drug-likeness (QED) is 0.753. The van der Waals surface area contributed by atoms with Crippen molar-refractivity contribution in [1.82, 2.24) is 5.32 Å². The number of nitrogens with two attached hydrogens (primary N) is 2. The van der Waals surface area contributed by atoms with Gasteiger partial charge in [-0.1, -0.05) is 11.6 Å². The minimum absolute atomic E-state index is 0.154. The van der Waals surface area contributed by atoms with Gasteiger partial charge in [0.25, 0.3) is 5.91 Å². The molecule has 0 atom stereocenters. The van der Waals surface area contributed by atoms with Crippen LogP contribution in [0.15, 0.2) is 18.2 Å². The van der Waals surface area contributed by atoms with Gasteiger partial charge < -0.3 is 16.8 Å². The molecule has 0 saturated heterocycles. The lowest BCUT2D eigenvalue weighted by atomic mass is 10.2. The molecular formula is C12H14ClN3OS. The van der Waals surface area contributed by atoms with E-state index in [-0.39, 0.29) is 5.91 Å². The third-order valence-electron chi connectivity index (χ3n) is 2.56. The predicted molar refractivity (Wildman–Crippen MR) is 77.3 cm³/mol. The molecule has 0 saturated carbocycles. The molecule has 1 heterocycles. The number of thiophene rings is 1. The van der Waals surface area contributed by atoms with Crippen LogP contribution >= 0.6 is 22.9 Å². The minimum Gasteiger partial charge on any atom is -0.397 e. The summed E-state index contributed by atoms with van der Waals surface area (Å²) in [6.45, 7) is 1.11. The zero-order chi connectivity index (χ0) is 13.1. The number of anilines is 1. The van der Waals surface area contributed by atoms with Crippen LogP contribution in [0.5, 0.6) is 0 Å². The van der Waals surface area contributed by atoms with Gasteiger partial charge in [0.05, 0.1) is 5.69 Å². The molecule has 0 unspecified atom stereocenters. The average Bonchev–Trinajstić information content (AvgIpc) is 2.66. The Morgan fingerprint density at radius 1 is 1.44 bits per heavy atom. The Bertz CT molecular complexity index is 582. The van der Waals surface area contributed by atoms with Crippen molar-refractivity contribution < 1.29 is 4.79 Å². The molecule has 1 aromatic heterocycles. The summed E-state index contributed by atoms with van der Waals surface area (Å²) >= 11 is 7.27. The van der Waals surface area contributed by atoms with Gasteiger partial charge in [-0.3, -0.25) is 4.79 Å². The molecule has 2 aromatic rings. The molecule has 0 aliphatic carbocycles. The van der Waals surface area contributed by atoms with E-state index in [4.69, 9.17) is 23.1 Å². The number of carbonyl (C=O) groups excluding carboxylic acids is 1. The Balaban J connectivity index is 2.28. The molecule has 0 aliphatic heterocycles. The number of benzene rings is 1. The van der Waals surface area contributed by atoms with Crippen molar-refractivity contribution >= 4 is 44.6 Å². The van der Waals surface area contributed by atoms with E-state index in [1.807, 2.05) is 12.1 Å². The SMILES string of the molecule is NCCCNC(=O)c1sc2cc(Cl)ccc2c1N. The lowest BCUT2D eigenvalue weighted by Gasteiger charge is -2.02. The van der Waals surface area contributed by atoms with Crippen LogP contribution in [-0.2, 0) is 0 Å². The number of carbonyl (C=O) groups is 1. The molecule has 4 nitrogen and oxygen atoms in total. The number of halogens is 1. The first-order chi connectivity index (χ1) is 8.63. The lowest BCUT2D eigenvalue weighted by molar-refractivity contribution is 0.0958. The van der Waals surface area contributed by atoms with Gasteiger partial charge in [-0.25, -0.2) is 0 Å². The van der Waals surface area contributed by atoms with Crippen molar-refractivity contribution in [2.24, 2.45) is 5.73 Å². The molecule has 0 aliphatic rings. The van der Waals surface area contributed by atoms with Crippen LogP contribution < -0.4 is 16.8 Å². The van der Waals surface area contributed by atoms with E-state index in [9.17, 15) is 4.79 Å². The molecule has 5 N–H and O–H groups in total. The standard InChI is InChI=1S/C12H14ClN3OS/c13-7-2-3-8-9(6-7)18-11(10(8)15)12(17)16-5-1-4-14/h2-3,6H,1,4-5,14-15H2,(H,16,17). The highest BCUT2D eigenvalue weighted by Crippen LogP contribution is 2.35. The maximum Gasteiger partial charge on any atom is 0.263 e. The second kappa shape index (κ2) is 5.56. The van der Waals surface area contributed by atoms with E-state index in [2.05, 4.69) is 5.32 Å². The van der Waals surface area contributed by atoms with Crippen LogP contribution in [-0.4, -0.2) is 19.0 Å². The van der Waals surface area contributed by atoms with Crippen LogP contribution in [0.3, 0.4) is 0 Å². The fourth-order valence-electron chi connectivity index (χ4n) is 1.64. The van der Waals surface area contributed by atoms with E-state index in [0.29, 0.717) is 28.7 Å². The highest BCUT2D eigenvalue weighted by atomic mass is 35.5. The van der Waals surface area contributed by atoms with Crippen LogP contribution in [0.2, 0.25) is 5.02 Å². The van der Waals surface area contributed by atoms with Gasteiger partial charge in [0, 0.05) is 21.7 Å². The molecule has 6 heteroatoms. The number of amides is 1. The smallest absolute Gasteiger partial charge is 0.263 e. The largest absolute Gasteiger partial charge is 0.397 e. The normalized spacial score (nSPS) is 10.8. The number of hydrogen-bond donors (Lipinski definition) is 3. The lowest BCUT2D eigenvalue weighted by Crippen LogP contribution is -2.25. The predicted octanol–water partition coefficient (Wildman–Crippen LogP) is 2.22. The first kappa shape index (κ1) is 13.1. The summed E-state index contributed by atoms with van der Waals surface area (Å²) in [5.74, 6) is -0.154. The van der Waals surface area contributed by atoms with E-state index in [1.165, 1.54) is 11.3 Å². The molecule has 0 radical (unpaired) electrons. The fourth-order valence-corrected chi connectivity index (χ4v) is 2.96.